The average molecular weight is 236 g/mol. The fraction of sp³-hybridized carbons (Fsp3) is 0.571. The van der Waals surface area contributed by atoms with Crippen LogP contribution in [0, 0.1) is 0 Å². The van der Waals surface area contributed by atoms with Crippen molar-refractivity contribution in [1.29, 1.82) is 0 Å². The molecule has 84 valence electrons. The Morgan fingerprint density at radius 1 is 1.60 bits per heavy atom. The zero-order chi connectivity index (χ0) is 11.4. The maximum absolute atomic E-state index is 12.1. The molecule has 0 bridgehead atoms. The van der Waals surface area contributed by atoms with E-state index in [9.17, 15) is 13.6 Å². The molecule has 1 atom stereocenters. The SMILES string of the molecule is CC(N)CC(=O)Nc1nnc(C(F)F)s1. The van der Waals surface area contributed by atoms with E-state index in [2.05, 4.69) is 15.5 Å². The topological polar surface area (TPSA) is 80.9 Å². The summed E-state index contributed by atoms with van der Waals surface area (Å²) in [5, 5.41) is 8.62. The summed E-state index contributed by atoms with van der Waals surface area (Å²) in [6.07, 6.45) is -2.55. The van der Waals surface area contributed by atoms with Crippen LogP contribution in [0.2, 0.25) is 0 Å². The lowest BCUT2D eigenvalue weighted by atomic mass is 10.2. The monoisotopic (exact) mass is 236 g/mol. The molecule has 0 fully saturated rings. The second kappa shape index (κ2) is 5.08. The van der Waals surface area contributed by atoms with Crippen molar-refractivity contribution in [2.24, 2.45) is 5.73 Å². The van der Waals surface area contributed by atoms with Crippen molar-refractivity contribution >= 4 is 22.4 Å². The van der Waals surface area contributed by atoms with Gasteiger partial charge in [0.2, 0.25) is 11.0 Å². The number of nitrogens with zero attached hydrogens (tertiary/aromatic N) is 2. The molecule has 1 heterocycles. The molecule has 8 heteroatoms. The number of anilines is 1. The molecule has 1 aromatic heterocycles. The largest absolute Gasteiger partial charge is 0.327 e. The molecule has 0 aromatic carbocycles. The zero-order valence-corrected chi connectivity index (χ0v) is 8.72. The molecule has 0 aliphatic carbocycles. The number of amides is 1. The van der Waals surface area contributed by atoms with Crippen molar-refractivity contribution in [2.75, 3.05) is 5.32 Å². The molecular formula is C7H10F2N4OS. The molecule has 0 radical (unpaired) electrons. The van der Waals surface area contributed by atoms with Crippen LogP contribution >= 0.6 is 11.3 Å². The fourth-order valence-electron chi connectivity index (χ4n) is 0.836. The lowest BCUT2D eigenvalue weighted by Crippen LogP contribution is -2.23. The first-order valence-electron chi connectivity index (χ1n) is 4.16. The lowest BCUT2D eigenvalue weighted by molar-refractivity contribution is -0.116. The van der Waals surface area contributed by atoms with Gasteiger partial charge in [0, 0.05) is 12.5 Å². The van der Waals surface area contributed by atoms with Crippen LogP contribution in [0.4, 0.5) is 13.9 Å². The molecule has 0 saturated heterocycles. The number of nitrogens with two attached hydrogens (primary N) is 1. The summed E-state index contributed by atoms with van der Waals surface area (Å²) < 4.78 is 24.2. The molecule has 1 aromatic rings. The van der Waals surface area contributed by atoms with Gasteiger partial charge in [0.15, 0.2) is 5.01 Å². The van der Waals surface area contributed by atoms with Crippen molar-refractivity contribution in [3.8, 4) is 0 Å². The van der Waals surface area contributed by atoms with Gasteiger partial charge in [0.05, 0.1) is 0 Å². The maximum Gasteiger partial charge on any atom is 0.291 e. The van der Waals surface area contributed by atoms with Crippen molar-refractivity contribution in [1.82, 2.24) is 10.2 Å². The van der Waals surface area contributed by atoms with E-state index in [1.165, 1.54) is 0 Å². The molecular weight excluding hydrogens is 226 g/mol. The highest BCUT2D eigenvalue weighted by Gasteiger charge is 2.15. The van der Waals surface area contributed by atoms with Crippen molar-refractivity contribution < 1.29 is 13.6 Å². The molecule has 1 amide bonds. The van der Waals surface area contributed by atoms with Gasteiger partial charge in [0.1, 0.15) is 0 Å². The van der Waals surface area contributed by atoms with Crippen LogP contribution in [0.3, 0.4) is 0 Å². The third-order valence-corrected chi connectivity index (χ3v) is 2.23. The predicted molar refractivity (Wildman–Crippen MR) is 51.8 cm³/mol. The number of hydrogen-bond donors (Lipinski definition) is 2. The van der Waals surface area contributed by atoms with Gasteiger partial charge in [-0.25, -0.2) is 8.78 Å². The van der Waals surface area contributed by atoms with E-state index < -0.39 is 11.4 Å². The lowest BCUT2D eigenvalue weighted by Gasteiger charge is -2.03. The number of halogens is 2. The Kier molecular flexibility index (Phi) is 4.04. The van der Waals surface area contributed by atoms with Crippen molar-refractivity contribution in [3.63, 3.8) is 0 Å². The third-order valence-electron chi connectivity index (χ3n) is 1.38. The number of carbonyl (C=O) groups excluding carboxylic acids is 1. The smallest absolute Gasteiger partial charge is 0.291 e. The molecule has 0 aliphatic heterocycles. The zero-order valence-electron chi connectivity index (χ0n) is 7.91. The van der Waals surface area contributed by atoms with Crippen LogP contribution in [0.15, 0.2) is 0 Å². The first-order valence-corrected chi connectivity index (χ1v) is 4.97. The number of aromatic nitrogens is 2. The highest BCUT2D eigenvalue weighted by atomic mass is 32.1. The van der Waals surface area contributed by atoms with E-state index in [-0.39, 0.29) is 23.5 Å². The molecule has 15 heavy (non-hydrogen) atoms. The van der Waals surface area contributed by atoms with E-state index in [1.807, 2.05) is 0 Å². The second-order valence-corrected chi connectivity index (χ2v) is 3.98. The number of carbonyl (C=O) groups is 1. The van der Waals surface area contributed by atoms with E-state index in [0.717, 1.165) is 0 Å². The number of rotatable bonds is 4. The molecule has 0 aliphatic rings. The minimum absolute atomic E-state index is 0.0657. The summed E-state index contributed by atoms with van der Waals surface area (Å²) in [5.74, 6) is -0.359. The molecule has 3 N–H and O–H groups in total. The number of nitrogens with one attached hydrogen (secondary N) is 1. The minimum Gasteiger partial charge on any atom is -0.327 e. The van der Waals surface area contributed by atoms with Crippen molar-refractivity contribution in [3.05, 3.63) is 5.01 Å². The minimum atomic E-state index is -2.67. The van der Waals surface area contributed by atoms with Crippen LogP contribution in [-0.2, 0) is 4.79 Å². The summed E-state index contributed by atoms with van der Waals surface area (Å²) in [6, 6.07) is -0.285. The summed E-state index contributed by atoms with van der Waals surface area (Å²) in [5.41, 5.74) is 5.39. The Labute approximate surface area is 88.7 Å². The summed E-state index contributed by atoms with van der Waals surface area (Å²) >= 11 is 0.651. The van der Waals surface area contributed by atoms with Gasteiger partial charge in [-0.15, -0.1) is 10.2 Å². The Morgan fingerprint density at radius 3 is 2.73 bits per heavy atom. The van der Waals surface area contributed by atoms with Gasteiger partial charge in [-0.3, -0.25) is 4.79 Å². The number of alkyl halides is 2. The summed E-state index contributed by atoms with van der Waals surface area (Å²) in [4.78, 5) is 11.2. The summed E-state index contributed by atoms with van der Waals surface area (Å²) in [7, 11) is 0. The maximum atomic E-state index is 12.1. The van der Waals surface area contributed by atoms with E-state index >= 15 is 0 Å². The van der Waals surface area contributed by atoms with Crippen LogP contribution in [0.1, 0.15) is 24.8 Å². The summed E-state index contributed by atoms with van der Waals surface area (Å²) in [6.45, 7) is 1.67. The molecule has 0 spiro atoms. The quantitative estimate of drug-likeness (QED) is 0.821. The first kappa shape index (κ1) is 11.9. The highest BCUT2D eigenvalue weighted by molar-refractivity contribution is 7.15. The molecule has 1 rings (SSSR count). The van der Waals surface area contributed by atoms with Gasteiger partial charge in [-0.2, -0.15) is 0 Å². The van der Waals surface area contributed by atoms with E-state index in [4.69, 9.17) is 5.73 Å². The fourth-order valence-corrected chi connectivity index (χ4v) is 1.45. The predicted octanol–water partition coefficient (Wildman–Crippen LogP) is 1.15. The van der Waals surface area contributed by atoms with Gasteiger partial charge in [-0.1, -0.05) is 11.3 Å². The average Bonchev–Trinajstić information content (AvgIpc) is 2.50. The van der Waals surface area contributed by atoms with Gasteiger partial charge in [0.25, 0.3) is 6.43 Å². The van der Waals surface area contributed by atoms with Crippen LogP contribution < -0.4 is 11.1 Å². The first-order chi connectivity index (χ1) is 6.99. The Bertz CT molecular complexity index is 341. The Balaban J connectivity index is 2.53. The van der Waals surface area contributed by atoms with Gasteiger partial charge >= 0.3 is 0 Å². The van der Waals surface area contributed by atoms with Crippen molar-refractivity contribution in [2.45, 2.75) is 25.8 Å². The van der Waals surface area contributed by atoms with Crippen LogP contribution in [0.5, 0.6) is 0 Å². The third kappa shape index (κ3) is 3.84. The van der Waals surface area contributed by atoms with Crippen LogP contribution in [-0.4, -0.2) is 22.1 Å². The Morgan fingerprint density at radius 2 is 2.27 bits per heavy atom. The normalized spacial score (nSPS) is 12.9. The van der Waals surface area contributed by atoms with Crippen LogP contribution in [0.25, 0.3) is 0 Å². The number of hydrogen-bond acceptors (Lipinski definition) is 5. The Hall–Kier alpha value is -1.15. The highest BCUT2D eigenvalue weighted by Crippen LogP contribution is 2.24. The van der Waals surface area contributed by atoms with Gasteiger partial charge in [-0.05, 0) is 6.92 Å². The van der Waals surface area contributed by atoms with E-state index in [0.29, 0.717) is 11.3 Å². The standard InChI is InChI=1S/C7H10F2N4OS/c1-3(10)2-4(14)11-7-13-12-6(15-7)5(8)9/h3,5H,2,10H2,1H3,(H,11,13,14). The second-order valence-electron chi connectivity index (χ2n) is 2.98. The molecule has 0 saturated carbocycles. The molecule has 1 unspecified atom stereocenters. The van der Waals surface area contributed by atoms with Gasteiger partial charge < -0.3 is 11.1 Å². The molecule has 5 nitrogen and oxygen atoms in total. The van der Waals surface area contributed by atoms with E-state index in [1.54, 1.807) is 6.92 Å².